The van der Waals surface area contributed by atoms with Gasteiger partial charge in [-0.05, 0) is 55.1 Å². The molecule has 0 amide bonds. The van der Waals surface area contributed by atoms with Gasteiger partial charge in [-0.15, -0.1) is 0 Å². The summed E-state index contributed by atoms with van der Waals surface area (Å²) < 4.78 is 0. The van der Waals surface area contributed by atoms with Gasteiger partial charge in [0.05, 0.1) is 0 Å². The number of halogens is 1. The van der Waals surface area contributed by atoms with Crippen molar-refractivity contribution in [3.8, 4) is 0 Å². The van der Waals surface area contributed by atoms with Crippen molar-refractivity contribution in [1.29, 1.82) is 0 Å². The van der Waals surface area contributed by atoms with Gasteiger partial charge < -0.3 is 5.32 Å². The van der Waals surface area contributed by atoms with E-state index in [1.807, 2.05) is 19.2 Å². The molecule has 0 heterocycles. The summed E-state index contributed by atoms with van der Waals surface area (Å²) in [6.45, 7) is 0. The van der Waals surface area contributed by atoms with Gasteiger partial charge in [-0.2, -0.15) is 0 Å². The van der Waals surface area contributed by atoms with Crippen LogP contribution in [-0.2, 0) is 6.42 Å². The van der Waals surface area contributed by atoms with E-state index >= 15 is 0 Å². The second-order valence-electron chi connectivity index (χ2n) is 5.52. The van der Waals surface area contributed by atoms with Crippen LogP contribution < -0.4 is 5.32 Å². The lowest BCUT2D eigenvalue weighted by molar-refractivity contribution is 0.425. The molecule has 1 aliphatic rings. The summed E-state index contributed by atoms with van der Waals surface area (Å²) in [6.07, 6.45) is 3.70. The quantitative estimate of drug-likeness (QED) is 0.860. The molecule has 2 aromatic rings. The van der Waals surface area contributed by atoms with E-state index in [0.717, 1.165) is 5.02 Å². The summed E-state index contributed by atoms with van der Waals surface area (Å²) in [6, 6.07) is 17.4. The average molecular weight is 286 g/mol. The van der Waals surface area contributed by atoms with Crippen LogP contribution in [0.2, 0.25) is 5.02 Å². The maximum Gasteiger partial charge on any atom is 0.0409 e. The van der Waals surface area contributed by atoms with Crippen LogP contribution in [0.25, 0.3) is 0 Å². The lowest BCUT2D eigenvalue weighted by atomic mass is 9.77. The Kier molecular flexibility index (Phi) is 4.09. The smallest absolute Gasteiger partial charge is 0.0409 e. The molecule has 0 saturated heterocycles. The molecule has 0 bridgehead atoms. The maximum absolute atomic E-state index is 6.16. The molecular weight excluding hydrogens is 266 g/mol. The Hall–Kier alpha value is -1.31. The summed E-state index contributed by atoms with van der Waals surface area (Å²) in [5.74, 6) is 0.531. The van der Waals surface area contributed by atoms with E-state index in [4.69, 9.17) is 11.6 Å². The van der Waals surface area contributed by atoms with E-state index in [1.54, 1.807) is 0 Å². The van der Waals surface area contributed by atoms with Crippen LogP contribution >= 0.6 is 11.6 Å². The molecule has 0 aliphatic heterocycles. The molecule has 104 valence electrons. The van der Waals surface area contributed by atoms with Crippen molar-refractivity contribution < 1.29 is 0 Å². The minimum Gasteiger partial charge on any atom is -0.312 e. The molecule has 20 heavy (non-hydrogen) atoms. The molecule has 1 N–H and O–H groups in total. The zero-order chi connectivity index (χ0) is 13.9. The van der Waals surface area contributed by atoms with Gasteiger partial charge in [0, 0.05) is 17.0 Å². The van der Waals surface area contributed by atoms with Crippen molar-refractivity contribution >= 4 is 11.6 Å². The zero-order valence-corrected chi connectivity index (χ0v) is 12.5. The van der Waals surface area contributed by atoms with Gasteiger partial charge in [0.2, 0.25) is 0 Å². The Morgan fingerprint density at radius 3 is 2.80 bits per heavy atom. The molecule has 2 atom stereocenters. The summed E-state index contributed by atoms with van der Waals surface area (Å²) in [5, 5.41) is 4.31. The van der Waals surface area contributed by atoms with Gasteiger partial charge in [0.15, 0.2) is 0 Å². The third kappa shape index (κ3) is 2.61. The highest BCUT2D eigenvalue weighted by Gasteiger charge is 2.27. The largest absolute Gasteiger partial charge is 0.312 e. The highest BCUT2D eigenvalue weighted by atomic mass is 35.5. The highest BCUT2D eigenvalue weighted by molar-refractivity contribution is 6.30. The molecule has 1 nitrogen and oxygen atoms in total. The van der Waals surface area contributed by atoms with E-state index in [-0.39, 0.29) is 0 Å². The highest BCUT2D eigenvalue weighted by Crippen LogP contribution is 2.40. The van der Waals surface area contributed by atoms with Gasteiger partial charge in [-0.1, -0.05) is 48.0 Å². The SMILES string of the molecule is CNC(c1cccc(Cl)c1)C1CCCc2ccccc21. The lowest BCUT2D eigenvalue weighted by Gasteiger charge is -2.32. The predicted molar refractivity (Wildman–Crippen MR) is 85.4 cm³/mol. The first-order valence-corrected chi connectivity index (χ1v) is 7.68. The number of rotatable bonds is 3. The molecule has 0 fully saturated rings. The second kappa shape index (κ2) is 5.99. The van der Waals surface area contributed by atoms with E-state index in [9.17, 15) is 0 Å². The third-order valence-electron chi connectivity index (χ3n) is 4.34. The maximum atomic E-state index is 6.16. The van der Waals surface area contributed by atoms with Crippen molar-refractivity contribution in [2.45, 2.75) is 31.2 Å². The van der Waals surface area contributed by atoms with Gasteiger partial charge in [-0.3, -0.25) is 0 Å². The molecule has 0 aromatic heterocycles. The Balaban J connectivity index is 1.99. The van der Waals surface area contributed by atoms with Crippen LogP contribution in [0, 0.1) is 0 Å². The number of nitrogens with one attached hydrogen (secondary N) is 1. The van der Waals surface area contributed by atoms with E-state index in [1.165, 1.54) is 36.0 Å². The number of likely N-dealkylation sites (N-methyl/N-ethyl adjacent to an activating group) is 1. The van der Waals surface area contributed by atoms with E-state index < -0.39 is 0 Å². The van der Waals surface area contributed by atoms with Crippen molar-refractivity contribution in [3.63, 3.8) is 0 Å². The fourth-order valence-electron chi connectivity index (χ4n) is 3.44. The summed E-state index contributed by atoms with van der Waals surface area (Å²) >= 11 is 6.16. The van der Waals surface area contributed by atoms with Crippen molar-refractivity contribution in [1.82, 2.24) is 5.32 Å². The summed E-state index contributed by atoms with van der Waals surface area (Å²) in [4.78, 5) is 0. The Bertz CT molecular complexity index is 593. The number of hydrogen-bond donors (Lipinski definition) is 1. The topological polar surface area (TPSA) is 12.0 Å². The van der Waals surface area contributed by atoms with Crippen LogP contribution in [-0.4, -0.2) is 7.05 Å². The average Bonchev–Trinajstić information content (AvgIpc) is 2.48. The van der Waals surface area contributed by atoms with E-state index in [2.05, 4.69) is 41.7 Å². The first kappa shape index (κ1) is 13.7. The zero-order valence-electron chi connectivity index (χ0n) is 11.8. The minimum atomic E-state index is 0.329. The van der Waals surface area contributed by atoms with Crippen LogP contribution in [0.15, 0.2) is 48.5 Å². The Labute approximate surface area is 126 Å². The molecule has 0 radical (unpaired) electrons. The fraction of sp³-hybridized carbons (Fsp3) is 0.333. The monoisotopic (exact) mass is 285 g/mol. The lowest BCUT2D eigenvalue weighted by Crippen LogP contribution is -2.26. The van der Waals surface area contributed by atoms with Crippen LogP contribution in [0.3, 0.4) is 0 Å². The first-order valence-electron chi connectivity index (χ1n) is 7.30. The molecule has 3 rings (SSSR count). The number of benzene rings is 2. The van der Waals surface area contributed by atoms with Crippen molar-refractivity contribution in [3.05, 3.63) is 70.2 Å². The molecule has 1 aliphatic carbocycles. The van der Waals surface area contributed by atoms with Crippen LogP contribution in [0.5, 0.6) is 0 Å². The van der Waals surface area contributed by atoms with Gasteiger partial charge in [0.1, 0.15) is 0 Å². The van der Waals surface area contributed by atoms with E-state index in [0.29, 0.717) is 12.0 Å². The Morgan fingerprint density at radius 2 is 2.00 bits per heavy atom. The third-order valence-corrected chi connectivity index (χ3v) is 4.57. The van der Waals surface area contributed by atoms with Gasteiger partial charge in [-0.25, -0.2) is 0 Å². The first-order chi connectivity index (χ1) is 9.79. The molecule has 2 unspecified atom stereocenters. The second-order valence-corrected chi connectivity index (χ2v) is 5.96. The number of aryl methyl sites for hydroxylation is 1. The van der Waals surface area contributed by atoms with Gasteiger partial charge in [0.25, 0.3) is 0 Å². The van der Waals surface area contributed by atoms with Gasteiger partial charge >= 0.3 is 0 Å². The molecule has 2 heteroatoms. The Morgan fingerprint density at radius 1 is 1.15 bits per heavy atom. The van der Waals surface area contributed by atoms with Crippen molar-refractivity contribution in [2.24, 2.45) is 0 Å². The normalized spacial score (nSPS) is 19.4. The standard InChI is InChI=1S/C18H20ClN/c1-20-18(14-8-4-9-15(19)12-14)17-11-5-7-13-6-2-3-10-16(13)17/h2-4,6,8-10,12,17-18,20H,5,7,11H2,1H3. The summed E-state index contributed by atoms with van der Waals surface area (Å²) in [5.41, 5.74) is 4.28. The van der Waals surface area contributed by atoms with Crippen LogP contribution in [0.4, 0.5) is 0 Å². The molecular formula is C18H20ClN. The fourth-order valence-corrected chi connectivity index (χ4v) is 3.64. The number of hydrogen-bond acceptors (Lipinski definition) is 1. The van der Waals surface area contributed by atoms with Crippen LogP contribution in [0.1, 0.15) is 41.5 Å². The molecule has 0 spiro atoms. The molecule has 0 saturated carbocycles. The minimum absolute atomic E-state index is 0.329. The predicted octanol–water partition coefficient (Wildman–Crippen LogP) is 4.72. The molecule has 2 aromatic carbocycles. The number of fused-ring (bicyclic) bond motifs is 1. The summed E-state index contributed by atoms with van der Waals surface area (Å²) in [7, 11) is 2.04. The van der Waals surface area contributed by atoms with Crippen molar-refractivity contribution in [2.75, 3.05) is 7.05 Å².